The van der Waals surface area contributed by atoms with Crippen LogP contribution in [-0.2, 0) is 0 Å². The summed E-state index contributed by atoms with van der Waals surface area (Å²) in [5.41, 5.74) is -0.188. The van der Waals surface area contributed by atoms with E-state index in [1.54, 1.807) is 12.4 Å². The number of rotatable bonds is 2. The van der Waals surface area contributed by atoms with E-state index < -0.39 is 11.9 Å². The molecule has 19 heavy (non-hydrogen) atoms. The Labute approximate surface area is 130 Å². The number of hydrogen-bond donors (Lipinski definition) is 2. The SMILES string of the molecule is O.O=C([O-])c1cccc(C(=O)O)c1.[Na+].c1cn[nH]c1. The van der Waals surface area contributed by atoms with Crippen LogP contribution in [0.15, 0.2) is 42.7 Å². The summed E-state index contributed by atoms with van der Waals surface area (Å²) in [6, 6.07) is 6.84. The first-order chi connectivity index (χ1) is 8.11. The number of aromatic amines is 1. The van der Waals surface area contributed by atoms with Gasteiger partial charge >= 0.3 is 35.5 Å². The van der Waals surface area contributed by atoms with Crippen molar-refractivity contribution in [3.63, 3.8) is 0 Å². The molecule has 1 aromatic carbocycles. The summed E-state index contributed by atoms with van der Waals surface area (Å²) in [6.45, 7) is 0. The molecule has 4 N–H and O–H groups in total. The molecule has 0 bridgehead atoms. The Hall–Kier alpha value is -1.67. The molecule has 0 aliphatic carbocycles. The minimum atomic E-state index is -1.38. The maximum atomic E-state index is 10.4. The van der Waals surface area contributed by atoms with Gasteiger partial charge in [0.15, 0.2) is 0 Å². The van der Waals surface area contributed by atoms with E-state index in [2.05, 4.69) is 10.2 Å². The number of benzene rings is 1. The standard InChI is InChI=1S/C8H6O4.C3H4N2.Na.H2O/c9-7(10)5-2-1-3-6(4-5)8(11)12;1-2-4-5-3-1;;/h1-4H,(H,9,10)(H,11,12);1-3H,(H,4,5);;1H2/q;;+1;/p-1. The Morgan fingerprint density at radius 1 is 1.21 bits per heavy atom. The van der Waals surface area contributed by atoms with Gasteiger partial charge in [-0.25, -0.2) is 4.79 Å². The number of aromatic nitrogens is 2. The fourth-order valence-electron chi connectivity index (χ4n) is 0.994. The first-order valence-corrected chi connectivity index (χ1v) is 4.59. The van der Waals surface area contributed by atoms with Gasteiger partial charge in [0.05, 0.1) is 11.5 Å². The molecule has 0 aliphatic heterocycles. The molecule has 0 spiro atoms. The van der Waals surface area contributed by atoms with Crippen LogP contribution in [0.4, 0.5) is 0 Å². The van der Waals surface area contributed by atoms with E-state index in [1.807, 2.05) is 6.07 Å². The number of nitrogens with one attached hydrogen (secondary N) is 1. The largest absolute Gasteiger partial charge is 1.00 e. The number of H-pyrrole nitrogens is 1. The van der Waals surface area contributed by atoms with Gasteiger partial charge in [-0.15, -0.1) is 0 Å². The molecule has 2 aromatic rings. The second-order valence-electron chi connectivity index (χ2n) is 2.94. The molecule has 7 nitrogen and oxygen atoms in total. The molecule has 0 aliphatic rings. The molecule has 0 amide bonds. The second-order valence-corrected chi connectivity index (χ2v) is 2.94. The Morgan fingerprint density at radius 2 is 1.84 bits per heavy atom. The molecule has 1 heterocycles. The average molecular weight is 274 g/mol. The van der Waals surface area contributed by atoms with Gasteiger partial charge < -0.3 is 20.5 Å². The van der Waals surface area contributed by atoms with Crippen LogP contribution in [0.3, 0.4) is 0 Å². The van der Waals surface area contributed by atoms with Crippen LogP contribution in [-0.4, -0.2) is 32.7 Å². The van der Waals surface area contributed by atoms with Gasteiger partial charge in [0.1, 0.15) is 0 Å². The zero-order valence-corrected chi connectivity index (χ0v) is 12.2. The summed E-state index contributed by atoms with van der Waals surface area (Å²) in [5.74, 6) is -2.53. The van der Waals surface area contributed by atoms with Crippen molar-refractivity contribution in [1.82, 2.24) is 10.2 Å². The van der Waals surface area contributed by atoms with Crippen molar-refractivity contribution in [1.29, 1.82) is 0 Å². The van der Waals surface area contributed by atoms with Crippen LogP contribution in [0, 0.1) is 0 Å². The minimum Gasteiger partial charge on any atom is -0.545 e. The van der Waals surface area contributed by atoms with Crippen molar-refractivity contribution in [2.24, 2.45) is 0 Å². The van der Waals surface area contributed by atoms with E-state index in [4.69, 9.17) is 5.11 Å². The molecular weight excluding hydrogens is 263 g/mol. The maximum absolute atomic E-state index is 10.4. The predicted octanol–water partition coefficient (Wildman–Crippen LogP) is -3.66. The van der Waals surface area contributed by atoms with Gasteiger partial charge in [0.2, 0.25) is 0 Å². The van der Waals surface area contributed by atoms with Gasteiger partial charge in [0.25, 0.3) is 0 Å². The third kappa shape index (κ3) is 7.37. The molecule has 0 fully saturated rings. The molecule has 8 heteroatoms. The van der Waals surface area contributed by atoms with Crippen LogP contribution >= 0.6 is 0 Å². The summed E-state index contributed by atoms with van der Waals surface area (Å²) < 4.78 is 0. The number of aromatic carboxylic acids is 2. The monoisotopic (exact) mass is 274 g/mol. The summed E-state index contributed by atoms with van der Waals surface area (Å²) >= 11 is 0. The molecule has 0 saturated heterocycles. The van der Waals surface area contributed by atoms with Crippen LogP contribution in [0.2, 0.25) is 0 Å². The molecule has 2 rings (SSSR count). The van der Waals surface area contributed by atoms with Gasteiger partial charge in [-0.1, -0.05) is 12.1 Å². The van der Waals surface area contributed by atoms with Gasteiger partial charge in [0, 0.05) is 12.4 Å². The first kappa shape index (κ1) is 19.7. The van der Waals surface area contributed by atoms with Crippen molar-refractivity contribution in [2.45, 2.75) is 0 Å². The van der Waals surface area contributed by atoms with Crippen LogP contribution in [0.1, 0.15) is 20.7 Å². The van der Waals surface area contributed by atoms with Crippen molar-refractivity contribution in [3.05, 3.63) is 53.9 Å². The molecule has 0 radical (unpaired) electrons. The van der Waals surface area contributed by atoms with Crippen LogP contribution in [0.25, 0.3) is 0 Å². The number of carbonyl (C=O) groups excluding carboxylic acids is 1. The second kappa shape index (κ2) is 10.3. The Morgan fingerprint density at radius 3 is 2.21 bits per heavy atom. The molecular formula is C11H11N2NaO5. The van der Waals surface area contributed by atoms with E-state index in [-0.39, 0.29) is 46.2 Å². The summed E-state index contributed by atoms with van der Waals surface area (Å²) in [4.78, 5) is 20.6. The normalized spacial score (nSPS) is 8.00. The minimum absolute atomic E-state index is 0. The zero-order valence-electron chi connectivity index (χ0n) is 10.2. The predicted molar refractivity (Wildman–Crippen MR) is 59.9 cm³/mol. The number of hydrogen-bond acceptors (Lipinski definition) is 4. The summed E-state index contributed by atoms with van der Waals surface area (Å²) in [5, 5.41) is 25.0. The van der Waals surface area contributed by atoms with E-state index in [0.29, 0.717) is 0 Å². The smallest absolute Gasteiger partial charge is 0.545 e. The molecule has 1 aromatic heterocycles. The van der Waals surface area contributed by atoms with E-state index >= 15 is 0 Å². The van der Waals surface area contributed by atoms with Gasteiger partial charge in [-0.3, -0.25) is 5.10 Å². The number of carbonyl (C=O) groups is 2. The van der Waals surface area contributed by atoms with Crippen molar-refractivity contribution >= 4 is 11.9 Å². The summed E-state index contributed by atoms with van der Waals surface area (Å²) in [7, 11) is 0. The summed E-state index contributed by atoms with van der Waals surface area (Å²) in [6.07, 6.45) is 3.46. The molecule has 0 saturated carbocycles. The zero-order chi connectivity index (χ0) is 12.7. The van der Waals surface area contributed by atoms with Crippen LogP contribution in [0.5, 0.6) is 0 Å². The number of carboxylic acid groups (broad SMARTS) is 2. The third-order valence-electron chi connectivity index (χ3n) is 1.75. The number of carboxylic acids is 2. The average Bonchev–Trinajstić information content (AvgIpc) is 2.87. The van der Waals surface area contributed by atoms with Crippen LogP contribution < -0.4 is 34.7 Å². The van der Waals surface area contributed by atoms with Crippen molar-refractivity contribution < 1.29 is 54.8 Å². The fourth-order valence-corrected chi connectivity index (χ4v) is 0.994. The molecule has 96 valence electrons. The molecule has 0 unspecified atom stereocenters. The topological polar surface area (TPSA) is 138 Å². The Bertz CT molecular complexity index is 455. The quantitative estimate of drug-likeness (QED) is 0.543. The fraction of sp³-hybridized carbons (Fsp3) is 0. The van der Waals surface area contributed by atoms with Crippen molar-refractivity contribution in [2.75, 3.05) is 0 Å². The van der Waals surface area contributed by atoms with Gasteiger partial charge in [-0.2, -0.15) is 5.10 Å². The first-order valence-electron chi connectivity index (χ1n) is 4.59. The number of nitrogens with zero attached hydrogens (tertiary/aromatic N) is 1. The van der Waals surface area contributed by atoms with Crippen molar-refractivity contribution in [3.8, 4) is 0 Å². The maximum Gasteiger partial charge on any atom is 1.00 e. The van der Waals surface area contributed by atoms with E-state index in [9.17, 15) is 14.7 Å². The molecule has 0 atom stereocenters. The third-order valence-corrected chi connectivity index (χ3v) is 1.75. The Kier molecular flexibility index (Phi) is 10.6. The van der Waals surface area contributed by atoms with E-state index in [1.165, 1.54) is 18.2 Å². The van der Waals surface area contributed by atoms with E-state index in [0.717, 1.165) is 6.07 Å². The van der Waals surface area contributed by atoms with Gasteiger partial charge in [-0.05, 0) is 23.8 Å². The Balaban J connectivity index is 0.